The molecule has 1 atom stereocenters. The van der Waals surface area contributed by atoms with Gasteiger partial charge in [-0.25, -0.2) is 0 Å². The first-order chi connectivity index (χ1) is 13.7. The van der Waals surface area contributed by atoms with Crippen molar-refractivity contribution in [3.63, 3.8) is 0 Å². The first-order valence-electron chi connectivity index (χ1n) is 9.02. The van der Waals surface area contributed by atoms with Crippen LogP contribution in [-0.2, 0) is 0 Å². The normalized spacial score (nSPS) is 11.9. The van der Waals surface area contributed by atoms with Crippen LogP contribution in [0.5, 0.6) is 0 Å². The van der Waals surface area contributed by atoms with Crippen molar-refractivity contribution in [2.24, 2.45) is 0 Å². The molecule has 1 heterocycles. The number of thioether (sulfide) groups is 1. The van der Waals surface area contributed by atoms with E-state index in [-0.39, 0.29) is 5.78 Å². The predicted octanol–water partition coefficient (Wildman–Crippen LogP) is 5.29. The molecule has 28 heavy (non-hydrogen) atoms. The van der Waals surface area contributed by atoms with Crippen LogP contribution in [0.15, 0.2) is 96.2 Å². The van der Waals surface area contributed by atoms with E-state index in [2.05, 4.69) is 10.2 Å². The van der Waals surface area contributed by atoms with Crippen LogP contribution >= 0.6 is 11.8 Å². The molecule has 1 aromatic heterocycles. The maximum Gasteiger partial charge on any atom is 0.196 e. The highest BCUT2D eigenvalue weighted by atomic mass is 32.2. The van der Waals surface area contributed by atoms with E-state index in [1.165, 1.54) is 11.8 Å². The molecule has 5 heteroatoms. The first kappa shape index (κ1) is 18.2. The Morgan fingerprint density at radius 2 is 1.39 bits per heavy atom. The molecule has 0 bridgehead atoms. The van der Waals surface area contributed by atoms with Crippen molar-refractivity contribution in [1.82, 2.24) is 14.8 Å². The number of carbonyl (C=O) groups excluding carboxylic acids is 1. The Hall–Kier alpha value is -3.18. The van der Waals surface area contributed by atoms with Crippen LogP contribution in [0.3, 0.4) is 0 Å². The number of benzene rings is 3. The average Bonchev–Trinajstić information content (AvgIpc) is 3.13. The Morgan fingerprint density at radius 1 is 0.821 bits per heavy atom. The molecule has 0 spiro atoms. The number of ketones is 1. The van der Waals surface area contributed by atoms with E-state index in [1.54, 1.807) is 0 Å². The largest absolute Gasteiger partial charge is 0.293 e. The van der Waals surface area contributed by atoms with Crippen molar-refractivity contribution < 1.29 is 4.79 Å². The molecule has 1 unspecified atom stereocenters. The highest BCUT2D eigenvalue weighted by Gasteiger charge is 2.26. The van der Waals surface area contributed by atoms with Gasteiger partial charge in [0, 0.05) is 11.3 Å². The van der Waals surface area contributed by atoms with E-state index in [0.29, 0.717) is 10.7 Å². The van der Waals surface area contributed by atoms with Gasteiger partial charge in [0.1, 0.15) is 11.1 Å². The number of carbonyl (C=O) groups is 1. The monoisotopic (exact) mass is 385 g/mol. The smallest absolute Gasteiger partial charge is 0.196 e. The van der Waals surface area contributed by atoms with Crippen LogP contribution in [0.4, 0.5) is 0 Å². The quantitative estimate of drug-likeness (QED) is 0.334. The van der Waals surface area contributed by atoms with Crippen molar-refractivity contribution in [2.45, 2.75) is 17.3 Å². The molecule has 4 rings (SSSR count). The van der Waals surface area contributed by atoms with Crippen molar-refractivity contribution in [2.75, 3.05) is 0 Å². The number of aromatic nitrogens is 3. The van der Waals surface area contributed by atoms with Gasteiger partial charge in [-0.15, -0.1) is 10.2 Å². The lowest BCUT2D eigenvalue weighted by Gasteiger charge is -2.16. The second-order valence-electron chi connectivity index (χ2n) is 6.34. The molecule has 4 aromatic rings. The minimum Gasteiger partial charge on any atom is -0.293 e. The number of rotatable bonds is 6. The fraction of sp³-hybridized carbons (Fsp3) is 0.0870. The molecule has 0 aliphatic carbocycles. The molecule has 0 aliphatic heterocycles. The molecule has 0 radical (unpaired) electrons. The lowest BCUT2D eigenvalue weighted by atomic mass is 10.0. The molecule has 4 nitrogen and oxygen atoms in total. The summed E-state index contributed by atoms with van der Waals surface area (Å²) in [6, 6.07) is 29.2. The van der Waals surface area contributed by atoms with Gasteiger partial charge < -0.3 is 0 Å². The van der Waals surface area contributed by atoms with E-state index >= 15 is 0 Å². The lowest BCUT2D eigenvalue weighted by molar-refractivity contribution is 0.0989. The van der Waals surface area contributed by atoms with Gasteiger partial charge in [-0.05, 0) is 24.6 Å². The molecular formula is C23H19N3OS. The topological polar surface area (TPSA) is 47.8 Å². The maximum absolute atomic E-state index is 13.3. The number of hydrogen-bond acceptors (Lipinski definition) is 4. The summed E-state index contributed by atoms with van der Waals surface area (Å²) < 4.78 is 1.98. The second-order valence-corrected chi connectivity index (χ2v) is 7.41. The summed E-state index contributed by atoms with van der Waals surface area (Å²) in [6.45, 7) is 1.92. The van der Waals surface area contributed by atoms with Crippen molar-refractivity contribution in [1.29, 1.82) is 0 Å². The second kappa shape index (κ2) is 8.23. The van der Waals surface area contributed by atoms with E-state index in [4.69, 9.17) is 0 Å². The van der Waals surface area contributed by atoms with Crippen LogP contribution in [0.1, 0.15) is 27.0 Å². The van der Waals surface area contributed by atoms with Crippen LogP contribution in [-0.4, -0.2) is 20.5 Å². The molecule has 0 N–H and O–H groups in total. The fourth-order valence-corrected chi connectivity index (χ4v) is 4.23. The highest BCUT2D eigenvalue weighted by Crippen LogP contribution is 2.38. The summed E-state index contributed by atoms with van der Waals surface area (Å²) in [5.41, 5.74) is 2.61. The molecule has 0 amide bonds. The zero-order valence-corrected chi connectivity index (χ0v) is 16.2. The SMILES string of the molecule is Cc1nnc(SC(C(=O)c2ccccc2)c2ccccc2)n1-c1ccccc1. The van der Waals surface area contributed by atoms with E-state index in [1.807, 2.05) is 102 Å². The number of aryl methyl sites for hydroxylation is 1. The van der Waals surface area contributed by atoms with Crippen molar-refractivity contribution >= 4 is 17.5 Å². The predicted molar refractivity (Wildman–Crippen MR) is 112 cm³/mol. The summed E-state index contributed by atoms with van der Waals surface area (Å²) >= 11 is 1.43. The van der Waals surface area contributed by atoms with Gasteiger partial charge in [0.2, 0.25) is 0 Å². The van der Waals surface area contributed by atoms with Crippen LogP contribution in [0, 0.1) is 6.92 Å². The molecular weight excluding hydrogens is 366 g/mol. The third kappa shape index (κ3) is 3.75. The van der Waals surface area contributed by atoms with Gasteiger partial charge >= 0.3 is 0 Å². The number of Topliss-reactive ketones (excluding diaryl/α,β-unsaturated/α-hetero) is 1. The van der Waals surface area contributed by atoms with Gasteiger partial charge in [-0.2, -0.15) is 0 Å². The Kier molecular flexibility index (Phi) is 5.35. The van der Waals surface area contributed by atoms with Crippen LogP contribution in [0.2, 0.25) is 0 Å². The molecule has 0 fully saturated rings. The summed E-state index contributed by atoms with van der Waals surface area (Å²) in [6.07, 6.45) is 0. The summed E-state index contributed by atoms with van der Waals surface area (Å²) in [7, 11) is 0. The number of nitrogens with zero attached hydrogens (tertiary/aromatic N) is 3. The minimum atomic E-state index is -0.408. The fourth-order valence-electron chi connectivity index (χ4n) is 3.05. The maximum atomic E-state index is 13.3. The van der Waals surface area contributed by atoms with Gasteiger partial charge in [-0.3, -0.25) is 9.36 Å². The van der Waals surface area contributed by atoms with Gasteiger partial charge in [0.25, 0.3) is 0 Å². The standard InChI is InChI=1S/C23H19N3OS/c1-17-24-25-23(26(17)20-15-9-4-10-16-20)28-22(19-13-7-3-8-14-19)21(27)18-11-5-2-6-12-18/h2-16,22H,1H3. The van der Waals surface area contributed by atoms with E-state index < -0.39 is 5.25 Å². The first-order valence-corrected chi connectivity index (χ1v) is 9.90. The Balaban J connectivity index is 1.75. The molecule has 0 saturated carbocycles. The Bertz CT molecular complexity index is 1060. The summed E-state index contributed by atoms with van der Waals surface area (Å²) in [5.74, 6) is 0.838. The zero-order chi connectivity index (χ0) is 19.3. The van der Waals surface area contributed by atoms with Crippen LogP contribution in [0.25, 0.3) is 5.69 Å². The third-order valence-corrected chi connectivity index (χ3v) is 5.63. The van der Waals surface area contributed by atoms with Gasteiger partial charge in [0.05, 0.1) is 0 Å². The minimum absolute atomic E-state index is 0.0528. The van der Waals surface area contributed by atoms with Crippen molar-refractivity contribution in [3.05, 3.63) is 108 Å². The number of para-hydroxylation sites is 1. The molecule has 0 aliphatic rings. The van der Waals surface area contributed by atoms with Crippen molar-refractivity contribution in [3.8, 4) is 5.69 Å². The Morgan fingerprint density at radius 3 is 2.04 bits per heavy atom. The summed E-state index contributed by atoms with van der Waals surface area (Å²) in [4.78, 5) is 13.3. The number of hydrogen-bond donors (Lipinski definition) is 0. The molecule has 3 aromatic carbocycles. The van der Waals surface area contributed by atoms with E-state index in [9.17, 15) is 4.79 Å². The van der Waals surface area contributed by atoms with Gasteiger partial charge in [0.15, 0.2) is 10.9 Å². The average molecular weight is 385 g/mol. The van der Waals surface area contributed by atoms with E-state index in [0.717, 1.165) is 17.1 Å². The van der Waals surface area contributed by atoms with Crippen LogP contribution < -0.4 is 0 Å². The van der Waals surface area contributed by atoms with Gasteiger partial charge in [-0.1, -0.05) is 90.6 Å². The highest BCUT2D eigenvalue weighted by molar-refractivity contribution is 8.00. The summed E-state index contributed by atoms with van der Waals surface area (Å²) in [5, 5.41) is 8.90. The Labute approximate surface area is 168 Å². The lowest BCUT2D eigenvalue weighted by Crippen LogP contribution is -2.11. The zero-order valence-electron chi connectivity index (χ0n) is 15.4. The molecule has 138 valence electrons. The molecule has 0 saturated heterocycles. The third-order valence-electron chi connectivity index (χ3n) is 4.43.